The monoisotopic (exact) mass is 294 g/mol. The standard InChI is InChI=1S/C15H16F2N2O2/c16-14(17)21-11-4-2-1-3-10(11)12-18-15(7-8-15)13(20)19(12)9-5-6-9/h1-4,9,12,14,18H,5-8H2. The molecule has 1 unspecified atom stereocenters. The van der Waals surface area contributed by atoms with Crippen LogP contribution in [0.5, 0.6) is 5.75 Å². The van der Waals surface area contributed by atoms with Crippen molar-refractivity contribution in [1.82, 2.24) is 10.2 Å². The molecule has 21 heavy (non-hydrogen) atoms. The molecule has 1 aliphatic heterocycles. The SMILES string of the molecule is O=C1N(C2CC2)C(c2ccccc2OC(F)F)NC12CC2. The van der Waals surface area contributed by atoms with E-state index in [0.29, 0.717) is 5.56 Å². The Morgan fingerprint density at radius 3 is 2.62 bits per heavy atom. The molecule has 112 valence electrons. The van der Waals surface area contributed by atoms with Crippen LogP contribution in [0.4, 0.5) is 8.78 Å². The highest BCUT2D eigenvalue weighted by molar-refractivity contribution is 5.92. The molecule has 1 N–H and O–H groups in total. The van der Waals surface area contributed by atoms with Crippen molar-refractivity contribution < 1.29 is 18.3 Å². The Morgan fingerprint density at radius 1 is 1.29 bits per heavy atom. The van der Waals surface area contributed by atoms with Gasteiger partial charge in [-0.1, -0.05) is 18.2 Å². The Balaban J connectivity index is 1.70. The van der Waals surface area contributed by atoms with E-state index in [1.165, 1.54) is 6.07 Å². The van der Waals surface area contributed by atoms with Gasteiger partial charge in [-0.2, -0.15) is 8.78 Å². The molecule has 1 atom stereocenters. The smallest absolute Gasteiger partial charge is 0.387 e. The minimum absolute atomic E-state index is 0.113. The van der Waals surface area contributed by atoms with Gasteiger partial charge in [-0.05, 0) is 31.7 Å². The summed E-state index contributed by atoms with van der Waals surface area (Å²) in [7, 11) is 0. The third kappa shape index (κ3) is 2.09. The minimum Gasteiger partial charge on any atom is -0.434 e. The number of carbonyl (C=O) groups excluding carboxylic acids is 1. The van der Waals surface area contributed by atoms with E-state index in [1.54, 1.807) is 18.2 Å². The van der Waals surface area contributed by atoms with Gasteiger partial charge in [0.25, 0.3) is 0 Å². The Labute approximate surface area is 121 Å². The van der Waals surface area contributed by atoms with Gasteiger partial charge in [0.2, 0.25) is 5.91 Å². The van der Waals surface area contributed by atoms with Crippen LogP contribution >= 0.6 is 0 Å². The van der Waals surface area contributed by atoms with Crippen LogP contribution in [0.25, 0.3) is 0 Å². The lowest BCUT2D eigenvalue weighted by atomic mass is 10.1. The van der Waals surface area contributed by atoms with Crippen molar-refractivity contribution in [3.63, 3.8) is 0 Å². The van der Waals surface area contributed by atoms with E-state index in [2.05, 4.69) is 10.1 Å². The molecule has 6 heteroatoms. The van der Waals surface area contributed by atoms with E-state index < -0.39 is 12.2 Å². The van der Waals surface area contributed by atoms with Gasteiger partial charge in [0.1, 0.15) is 17.5 Å². The summed E-state index contributed by atoms with van der Waals surface area (Å²) in [5, 5.41) is 3.34. The van der Waals surface area contributed by atoms with E-state index in [0.717, 1.165) is 25.7 Å². The Bertz CT molecular complexity index is 585. The zero-order valence-electron chi connectivity index (χ0n) is 11.4. The lowest BCUT2D eigenvalue weighted by molar-refractivity contribution is -0.131. The van der Waals surface area contributed by atoms with Gasteiger partial charge < -0.3 is 9.64 Å². The van der Waals surface area contributed by atoms with Crippen LogP contribution < -0.4 is 10.1 Å². The number of hydrogen-bond acceptors (Lipinski definition) is 3. The van der Waals surface area contributed by atoms with Gasteiger partial charge in [-0.15, -0.1) is 0 Å². The molecule has 3 fully saturated rings. The fourth-order valence-electron chi connectivity index (χ4n) is 3.11. The molecule has 1 heterocycles. The zero-order valence-corrected chi connectivity index (χ0v) is 11.4. The number of halogens is 2. The summed E-state index contributed by atoms with van der Waals surface area (Å²) in [6.45, 7) is -2.87. The number of ether oxygens (including phenoxy) is 1. The summed E-state index contributed by atoms with van der Waals surface area (Å²) in [6.07, 6.45) is 3.25. The maximum atomic E-state index is 12.6. The highest BCUT2D eigenvalue weighted by atomic mass is 19.3. The summed E-state index contributed by atoms with van der Waals surface area (Å²) in [5.74, 6) is 0.253. The van der Waals surface area contributed by atoms with E-state index in [4.69, 9.17) is 0 Å². The topological polar surface area (TPSA) is 41.6 Å². The first-order valence-corrected chi connectivity index (χ1v) is 7.25. The number of nitrogens with one attached hydrogen (secondary N) is 1. The third-order valence-electron chi connectivity index (χ3n) is 4.45. The first kappa shape index (κ1) is 13.0. The summed E-state index contributed by atoms with van der Waals surface area (Å²) in [5.41, 5.74) is 0.160. The van der Waals surface area contributed by atoms with E-state index in [-0.39, 0.29) is 23.9 Å². The Hall–Kier alpha value is -1.69. The normalized spacial score (nSPS) is 26.7. The largest absolute Gasteiger partial charge is 0.434 e. The van der Waals surface area contributed by atoms with Crippen molar-refractivity contribution in [3.8, 4) is 5.75 Å². The number of nitrogens with zero attached hydrogens (tertiary/aromatic N) is 1. The quantitative estimate of drug-likeness (QED) is 0.927. The van der Waals surface area contributed by atoms with Crippen molar-refractivity contribution in [2.24, 2.45) is 0 Å². The molecule has 1 spiro atoms. The molecule has 0 radical (unpaired) electrons. The molecule has 0 aromatic heterocycles. The maximum absolute atomic E-state index is 12.6. The summed E-state index contributed by atoms with van der Waals surface area (Å²) in [4.78, 5) is 14.4. The fourth-order valence-corrected chi connectivity index (χ4v) is 3.11. The molecule has 1 saturated heterocycles. The van der Waals surface area contributed by atoms with E-state index >= 15 is 0 Å². The van der Waals surface area contributed by atoms with Crippen molar-refractivity contribution >= 4 is 5.91 Å². The minimum atomic E-state index is -2.87. The maximum Gasteiger partial charge on any atom is 0.387 e. The molecule has 0 bridgehead atoms. The highest BCUT2D eigenvalue weighted by Gasteiger charge is 2.62. The number of benzene rings is 1. The Kier molecular flexibility index (Phi) is 2.73. The second-order valence-corrected chi connectivity index (χ2v) is 5.99. The third-order valence-corrected chi connectivity index (χ3v) is 4.45. The lowest BCUT2D eigenvalue weighted by Crippen LogP contribution is -2.33. The van der Waals surface area contributed by atoms with Crippen LogP contribution in [0.2, 0.25) is 0 Å². The first-order valence-electron chi connectivity index (χ1n) is 7.25. The van der Waals surface area contributed by atoms with Gasteiger partial charge in [0.15, 0.2) is 0 Å². The molecule has 1 aromatic rings. The van der Waals surface area contributed by atoms with Gasteiger partial charge in [-0.3, -0.25) is 10.1 Å². The number of hydrogen-bond donors (Lipinski definition) is 1. The molecule has 3 aliphatic rings. The molecule has 4 nitrogen and oxygen atoms in total. The number of alkyl halides is 2. The van der Waals surface area contributed by atoms with Crippen LogP contribution in [0.1, 0.15) is 37.4 Å². The van der Waals surface area contributed by atoms with Gasteiger partial charge >= 0.3 is 6.61 Å². The molecule has 1 amide bonds. The molecule has 4 rings (SSSR count). The Morgan fingerprint density at radius 2 is 2.00 bits per heavy atom. The van der Waals surface area contributed by atoms with Gasteiger partial charge in [0.05, 0.1) is 0 Å². The summed E-state index contributed by atoms with van der Waals surface area (Å²) < 4.78 is 29.8. The molecular weight excluding hydrogens is 278 g/mol. The molecule has 2 saturated carbocycles. The molecular formula is C15H16F2N2O2. The van der Waals surface area contributed by atoms with E-state index in [9.17, 15) is 13.6 Å². The van der Waals surface area contributed by atoms with E-state index in [1.807, 2.05) is 4.90 Å². The fraction of sp³-hybridized carbons (Fsp3) is 0.533. The van der Waals surface area contributed by atoms with Crippen LogP contribution in [0.3, 0.4) is 0 Å². The number of amides is 1. The highest BCUT2D eigenvalue weighted by Crippen LogP contribution is 2.50. The second kappa shape index (κ2) is 4.40. The first-order chi connectivity index (χ1) is 10.1. The van der Waals surface area contributed by atoms with Crippen LogP contribution in [0.15, 0.2) is 24.3 Å². The summed E-state index contributed by atoms with van der Waals surface area (Å²) in [6, 6.07) is 6.94. The predicted octanol–water partition coefficient (Wildman–Crippen LogP) is 2.41. The average molecular weight is 294 g/mol. The number of carbonyl (C=O) groups is 1. The van der Waals surface area contributed by atoms with Crippen LogP contribution in [0, 0.1) is 0 Å². The molecule has 1 aromatic carbocycles. The van der Waals surface area contributed by atoms with Gasteiger partial charge in [0, 0.05) is 11.6 Å². The predicted molar refractivity (Wildman–Crippen MR) is 70.8 cm³/mol. The molecule has 2 aliphatic carbocycles. The van der Waals surface area contributed by atoms with Crippen molar-refractivity contribution in [2.45, 2.75) is 50.0 Å². The summed E-state index contributed by atoms with van der Waals surface area (Å²) >= 11 is 0. The van der Waals surface area contributed by atoms with Gasteiger partial charge in [-0.25, -0.2) is 0 Å². The lowest BCUT2D eigenvalue weighted by Gasteiger charge is -2.25. The van der Waals surface area contributed by atoms with Crippen molar-refractivity contribution in [2.75, 3.05) is 0 Å². The van der Waals surface area contributed by atoms with Crippen molar-refractivity contribution in [1.29, 1.82) is 0 Å². The van der Waals surface area contributed by atoms with Crippen molar-refractivity contribution in [3.05, 3.63) is 29.8 Å². The number of para-hydroxylation sites is 1. The average Bonchev–Trinajstić information content (AvgIpc) is 3.33. The van der Waals surface area contributed by atoms with Crippen LogP contribution in [-0.4, -0.2) is 29.0 Å². The van der Waals surface area contributed by atoms with Crippen LogP contribution in [-0.2, 0) is 4.79 Å². The second-order valence-electron chi connectivity index (χ2n) is 5.99. The number of rotatable bonds is 4. The zero-order chi connectivity index (χ0) is 14.6.